The number of aryl methyl sites for hydroxylation is 1. The van der Waals surface area contributed by atoms with Crippen LogP contribution in [0.25, 0.3) is 5.65 Å². The van der Waals surface area contributed by atoms with Gasteiger partial charge < -0.3 is 19.8 Å². The average Bonchev–Trinajstić information content (AvgIpc) is 3.34. The van der Waals surface area contributed by atoms with Crippen LogP contribution in [0.5, 0.6) is 0 Å². The zero-order valence-corrected chi connectivity index (χ0v) is 15.7. The van der Waals surface area contributed by atoms with Gasteiger partial charge >= 0.3 is 5.97 Å². The molecule has 0 aromatic carbocycles. The normalized spacial score (nSPS) is 11.9. The third-order valence-corrected chi connectivity index (χ3v) is 3.94. The second kappa shape index (κ2) is 8.98. The summed E-state index contributed by atoms with van der Waals surface area (Å²) in [5, 5.41) is 18.4. The number of furan rings is 1. The minimum Gasteiger partial charge on any atom is -0.467 e. The van der Waals surface area contributed by atoms with Gasteiger partial charge in [0.05, 0.1) is 19.4 Å². The molecule has 10 heteroatoms. The highest BCUT2D eigenvalue weighted by atomic mass is 16.5. The molecule has 3 aromatic rings. The first-order valence-corrected chi connectivity index (χ1v) is 9.00. The number of hydrogen-bond donors (Lipinski definition) is 2. The van der Waals surface area contributed by atoms with E-state index in [1.165, 1.54) is 0 Å². The van der Waals surface area contributed by atoms with Crippen molar-refractivity contribution >= 4 is 23.3 Å². The summed E-state index contributed by atoms with van der Waals surface area (Å²) in [7, 11) is 0. The molecule has 0 radical (unpaired) electrons. The predicted molar refractivity (Wildman–Crippen MR) is 99.4 cm³/mol. The average molecular weight is 386 g/mol. The van der Waals surface area contributed by atoms with Crippen LogP contribution in [0.15, 0.2) is 34.9 Å². The van der Waals surface area contributed by atoms with Gasteiger partial charge in [0.1, 0.15) is 17.6 Å². The maximum Gasteiger partial charge on any atom is 0.328 e. The van der Waals surface area contributed by atoms with Crippen LogP contribution in [0.3, 0.4) is 0 Å². The zero-order valence-electron chi connectivity index (χ0n) is 15.7. The molecule has 0 saturated carbocycles. The predicted octanol–water partition coefficient (Wildman–Crippen LogP) is 1.33. The van der Waals surface area contributed by atoms with E-state index in [1.54, 1.807) is 36.8 Å². The van der Waals surface area contributed by atoms with Crippen molar-refractivity contribution in [3.05, 3.63) is 42.1 Å². The number of hydrogen-bond acceptors (Lipinski definition) is 8. The molecule has 0 spiro atoms. The van der Waals surface area contributed by atoms with Crippen LogP contribution < -0.4 is 10.6 Å². The summed E-state index contributed by atoms with van der Waals surface area (Å²) in [5.41, 5.74) is 0.582. The summed E-state index contributed by atoms with van der Waals surface area (Å²) < 4.78 is 11.7. The van der Waals surface area contributed by atoms with Crippen molar-refractivity contribution in [2.24, 2.45) is 0 Å². The summed E-state index contributed by atoms with van der Waals surface area (Å²) in [5.74, 6) is 1.24. The van der Waals surface area contributed by atoms with Gasteiger partial charge in [-0.2, -0.15) is 4.52 Å². The number of nitrogens with one attached hydrogen (secondary N) is 2. The highest BCUT2D eigenvalue weighted by Crippen LogP contribution is 2.10. The van der Waals surface area contributed by atoms with Crippen LogP contribution in [-0.4, -0.2) is 44.3 Å². The van der Waals surface area contributed by atoms with Gasteiger partial charge in [-0.1, -0.05) is 0 Å². The van der Waals surface area contributed by atoms with Crippen molar-refractivity contribution in [1.29, 1.82) is 0 Å². The monoisotopic (exact) mass is 386 g/mol. The molecule has 0 saturated heterocycles. The second-order valence-electron chi connectivity index (χ2n) is 6.08. The molecule has 2 N–H and O–H groups in total. The van der Waals surface area contributed by atoms with Crippen LogP contribution in [0.2, 0.25) is 0 Å². The van der Waals surface area contributed by atoms with E-state index in [1.807, 2.05) is 12.1 Å². The molecule has 148 valence electrons. The van der Waals surface area contributed by atoms with E-state index in [0.29, 0.717) is 30.3 Å². The standard InChI is InChI=1S/C18H22N6O4/c1-3-27-18(26)12(2)20-17(25)9-8-16-22-21-15-7-6-14(23-24(15)16)19-11-13-5-4-10-28-13/h4-7,10,12H,3,8-9,11H2,1-2H3,(H,19,23)(H,20,25). The lowest BCUT2D eigenvalue weighted by Crippen LogP contribution is -2.39. The summed E-state index contributed by atoms with van der Waals surface area (Å²) in [6, 6.07) is 6.57. The van der Waals surface area contributed by atoms with Crippen molar-refractivity contribution in [3.63, 3.8) is 0 Å². The van der Waals surface area contributed by atoms with E-state index < -0.39 is 12.0 Å². The molecule has 0 fully saturated rings. The van der Waals surface area contributed by atoms with Gasteiger partial charge in [0.15, 0.2) is 11.5 Å². The molecule has 10 nitrogen and oxygen atoms in total. The number of fused-ring (bicyclic) bond motifs is 1. The lowest BCUT2D eigenvalue weighted by Gasteiger charge is -2.12. The highest BCUT2D eigenvalue weighted by molar-refractivity contribution is 5.84. The van der Waals surface area contributed by atoms with Crippen molar-refractivity contribution in [2.45, 2.75) is 39.3 Å². The van der Waals surface area contributed by atoms with Crippen molar-refractivity contribution in [2.75, 3.05) is 11.9 Å². The number of nitrogens with zero attached hydrogens (tertiary/aromatic N) is 4. The molecule has 0 aliphatic carbocycles. The van der Waals surface area contributed by atoms with E-state index in [9.17, 15) is 9.59 Å². The third kappa shape index (κ3) is 4.84. The number of aromatic nitrogens is 4. The van der Waals surface area contributed by atoms with Crippen LogP contribution in [-0.2, 0) is 27.3 Å². The molecule has 1 atom stereocenters. The Labute approximate surface area is 161 Å². The lowest BCUT2D eigenvalue weighted by molar-refractivity contribution is -0.146. The Kier molecular flexibility index (Phi) is 6.20. The van der Waals surface area contributed by atoms with E-state index >= 15 is 0 Å². The van der Waals surface area contributed by atoms with Gasteiger partial charge in [0.25, 0.3) is 0 Å². The fourth-order valence-electron chi connectivity index (χ4n) is 2.54. The number of rotatable bonds is 9. The van der Waals surface area contributed by atoms with Crippen LogP contribution >= 0.6 is 0 Å². The van der Waals surface area contributed by atoms with Gasteiger partial charge in [0.2, 0.25) is 5.91 Å². The van der Waals surface area contributed by atoms with Crippen molar-refractivity contribution in [3.8, 4) is 0 Å². The fraction of sp³-hybridized carbons (Fsp3) is 0.389. The van der Waals surface area contributed by atoms with Crippen LogP contribution in [0.1, 0.15) is 31.9 Å². The molecular formula is C18H22N6O4. The van der Waals surface area contributed by atoms with E-state index in [4.69, 9.17) is 9.15 Å². The minimum absolute atomic E-state index is 0.149. The molecular weight excluding hydrogens is 364 g/mol. The molecule has 0 bridgehead atoms. The Balaban J connectivity index is 1.59. The van der Waals surface area contributed by atoms with Gasteiger partial charge in [0, 0.05) is 12.8 Å². The Morgan fingerprint density at radius 3 is 2.89 bits per heavy atom. The summed E-state index contributed by atoms with van der Waals surface area (Å²) in [6.07, 6.45) is 2.09. The first kappa shape index (κ1) is 19.3. The molecule has 3 rings (SSSR count). The molecule has 0 aliphatic rings. The molecule has 3 aromatic heterocycles. The maximum absolute atomic E-state index is 12.1. The Hall–Kier alpha value is -3.43. The Morgan fingerprint density at radius 2 is 2.14 bits per heavy atom. The van der Waals surface area contributed by atoms with Gasteiger partial charge in [-0.25, -0.2) is 4.79 Å². The first-order valence-electron chi connectivity index (χ1n) is 9.00. The largest absolute Gasteiger partial charge is 0.467 e. The number of carbonyl (C=O) groups excluding carboxylic acids is 2. The SMILES string of the molecule is CCOC(=O)C(C)NC(=O)CCc1nnc2ccc(NCc3ccco3)nn12. The molecule has 1 amide bonds. The zero-order chi connectivity index (χ0) is 19.9. The van der Waals surface area contributed by atoms with Gasteiger partial charge in [-0.15, -0.1) is 15.3 Å². The van der Waals surface area contributed by atoms with Crippen molar-refractivity contribution < 1.29 is 18.7 Å². The lowest BCUT2D eigenvalue weighted by atomic mass is 10.2. The minimum atomic E-state index is -0.696. The number of anilines is 1. The third-order valence-electron chi connectivity index (χ3n) is 3.94. The maximum atomic E-state index is 12.1. The van der Waals surface area contributed by atoms with E-state index in [-0.39, 0.29) is 18.9 Å². The summed E-state index contributed by atoms with van der Waals surface area (Å²) in [6.45, 7) is 4.07. The molecule has 0 aliphatic heterocycles. The fourth-order valence-corrected chi connectivity index (χ4v) is 2.54. The number of carbonyl (C=O) groups is 2. The molecule has 3 heterocycles. The Morgan fingerprint density at radius 1 is 1.29 bits per heavy atom. The smallest absolute Gasteiger partial charge is 0.328 e. The number of esters is 1. The molecule has 1 unspecified atom stereocenters. The summed E-state index contributed by atoms with van der Waals surface area (Å²) in [4.78, 5) is 23.7. The second-order valence-corrected chi connectivity index (χ2v) is 6.08. The summed E-state index contributed by atoms with van der Waals surface area (Å²) >= 11 is 0. The van der Waals surface area contributed by atoms with Gasteiger partial charge in [-0.05, 0) is 38.1 Å². The quantitative estimate of drug-likeness (QED) is 0.528. The van der Waals surface area contributed by atoms with E-state index in [0.717, 1.165) is 5.76 Å². The van der Waals surface area contributed by atoms with E-state index in [2.05, 4.69) is 25.9 Å². The number of ether oxygens (including phenoxy) is 1. The topological polar surface area (TPSA) is 124 Å². The Bertz CT molecular complexity index is 937. The first-order chi connectivity index (χ1) is 13.6. The van der Waals surface area contributed by atoms with Gasteiger partial charge in [-0.3, -0.25) is 4.79 Å². The molecule has 28 heavy (non-hydrogen) atoms. The highest BCUT2D eigenvalue weighted by Gasteiger charge is 2.17. The number of amides is 1. The van der Waals surface area contributed by atoms with Crippen LogP contribution in [0, 0.1) is 0 Å². The van der Waals surface area contributed by atoms with Crippen molar-refractivity contribution in [1.82, 2.24) is 25.1 Å². The van der Waals surface area contributed by atoms with Crippen LogP contribution in [0.4, 0.5) is 5.82 Å².